The first kappa shape index (κ1) is 16.2. The van der Waals surface area contributed by atoms with Crippen molar-refractivity contribution in [2.75, 3.05) is 6.54 Å². The van der Waals surface area contributed by atoms with Crippen LogP contribution in [0, 0.1) is 5.92 Å². The number of hydrogen-bond donors (Lipinski definition) is 0. The number of nitrogens with zero attached hydrogens (tertiary/aromatic N) is 4. The molecule has 0 N–H and O–H groups in total. The summed E-state index contributed by atoms with van der Waals surface area (Å²) >= 11 is 0. The molecule has 7 heteroatoms. The molecule has 22 heavy (non-hydrogen) atoms. The number of carbonyl (C=O) groups is 1. The van der Waals surface area contributed by atoms with Crippen LogP contribution in [0.25, 0.3) is 0 Å². The third-order valence-electron chi connectivity index (χ3n) is 3.19. The molecule has 0 saturated carbocycles. The van der Waals surface area contributed by atoms with E-state index in [0.717, 1.165) is 12.1 Å². The quantitative estimate of drug-likeness (QED) is 0.781. The molecule has 0 spiro atoms. The van der Waals surface area contributed by atoms with Gasteiger partial charge in [0.05, 0.1) is 12.2 Å². The molecule has 0 unspecified atom stereocenters. The molecule has 0 aliphatic heterocycles. The number of aromatic nitrogens is 3. The van der Waals surface area contributed by atoms with Crippen LogP contribution >= 0.6 is 0 Å². The van der Waals surface area contributed by atoms with Crippen molar-refractivity contribution in [1.29, 1.82) is 0 Å². The van der Waals surface area contributed by atoms with Crippen molar-refractivity contribution in [1.82, 2.24) is 20.3 Å². The summed E-state index contributed by atoms with van der Waals surface area (Å²) in [5, 5.41) is 11.8. The van der Waals surface area contributed by atoms with Gasteiger partial charge < -0.3 is 13.8 Å². The summed E-state index contributed by atoms with van der Waals surface area (Å²) in [5.41, 5.74) is 0.792. The standard InChI is InChI=1S/C15H22N4O3/c1-5-13-16-17-14(21-13)9-19(6-2)15(20)12-8-11(18-22-12)7-10(3)4/h8,10H,5-7,9H2,1-4H3. The Labute approximate surface area is 129 Å². The molecule has 0 bridgehead atoms. The highest BCUT2D eigenvalue weighted by Crippen LogP contribution is 2.13. The van der Waals surface area contributed by atoms with Gasteiger partial charge in [0.25, 0.3) is 5.91 Å². The molecule has 0 saturated heterocycles. The maximum atomic E-state index is 12.5. The highest BCUT2D eigenvalue weighted by molar-refractivity contribution is 5.91. The molecule has 1 amide bonds. The molecule has 2 rings (SSSR count). The maximum Gasteiger partial charge on any atom is 0.292 e. The smallest absolute Gasteiger partial charge is 0.292 e. The second-order valence-electron chi connectivity index (χ2n) is 5.54. The first-order valence-corrected chi connectivity index (χ1v) is 7.59. The fourth-order valence-corrected chi connectivity index (χ4v) is 2.07. The average Bonchev–Trinajstić information content (AvgIpc) is 3.12. The van der Waals surface area contributed by atoms with Crippen LogP contribution in [0.15, 0.2) is 15.0 Å². The van der Waals surface area contributed by atoms with Crippen LogP contribution in [0.1, 0.15) is 55.7 Å². The topological polar surface area (TPSA) is 85.3 Å². The molecular formula is C15H22N4O3. The van der Waals surface area contributed by atoms with Gasteiger partial charge in [-0.15, -0.1) is 10.2 Å². The molecule has 0 aliphatic rings. The summed E-state index contributed by atoms with van der Waals surface area (Å²) in [6.07, 6.45) is 1.46. The minimum absolute atomic E-state index is 0.221. The predicted octanol–water partition coefficient (Wildman–Crippen LogP) is 2.48. The molecule has 7 nitrogen and oxygen atoms in total. The van der Waals surface area contributed by atoms with Gasteiger partial charge in [0, 0.05) is 19.0 Å². The van der Waals surface area contributed by atoms with E-state index in [1.54, 1.807) is 11.0 Å². The number of amides is 1. The Balaban J connectivity index is 2.06. The zero-order valence-corrected chi connectivity index (χ0v) is 13.5. The van der Waals surface area contributed by atoms with Gasteiger partial charge in [0.2, 0.25) is 17.5 Å². The summed E-state index contributed by atoms with van der Waals surface area (Å²) in [4.78, 5) is 14.0. The number of rotatable bonds is 7. The van der Waals surface area contributed by atoms with Crippen LogP contribution < -0.4 is 0 Å². The summed E-state index contributed by atoms with van der Waals surface area (Å²) < 4.78 is 10.6. The normalized spacial score (nSPS) is 11.1. The second kappa shape index (κ2) is 7.20. The number of carbonyl (C=O) groups excluding carboxylic acids is 1. The first-order chi connectivity index (χ1) is 10.5. The molecule has 2 heterocycles. The van der Waals surface area contributed by atoms with E-state index < -0.39 is 0 Å². The van der Waals surface area contributed by atoms with Crippen LogP contribution in [0.5, 0.6) is 0 Å². The van der Waals surface area contributed by atoms with Crippen molar-refractivity contribution < 1.29 is 13.7 Å². The lowest BCUT2D eigenvalue weighted by Gasteiger charge is -2.16. The number of aryl methyl sites for hydroxylation is 1. The lowest BCUT2D eigenvalue weighted by molar-refractivity contribution is 0.0695. The highest BCUT2D eigenvalue weighted by atomic mass is 16.5. The molecule has 2 aromatic heterocycles. The van der Waals surface area contributed by atoms with E-state index >= 15 is 0 Å². The van der Waals surface area contributed by atoms with Crippen LogP contribution in [-0.2, 0) is 19.4 Å². The van der Waals surface area contributed by atoms with Gasteiger partial charge in [0.1, 0.15) is 0 Å². The third kappa shape index (κ3) is 3.93. The van der Waals surface area contributed by atoms with Crippen molar-refractivity contribution in [3.05, 3.63) is 29.3 Å². The zero-order chi connectivity index (χ0) is 16.1. The monoisotopic (exact) mass is 306 g/mol. The third-order valence-corrected chi connectivity index (χ3v) is 3.19. The molecule has 0 aliphatic carbocycles. The lowest BCUT2D eigenvalue weighted by atomic mass is 10.1. The molecule has 0 radical (unpaired) electrons. The fourth-order valence-electron chi connectivity index (χ4n) is 2.07. The van der Waals surface area contributed by atoms with E-state index in [9.17, 15) is 4.79 Å². The summed E-state index contributed by atoms with van der Waals surface area (Å²) in [6, 6.07) is 1.70. The Bertz CT molecular complexity index is 618. The summed E-state index contributed by atoms with van der Waals surface area (Å²) in [5.74, 6) is 1.47. The second-order valence-corrected chi connectivity index (χ2v) is 5.54. The van der Waals surface area contributed by atoms with Crippen molar-refractivity contribution >= 4 is 5.91 Å². The van der Waals surface area contributed by atoms with Gasteiger partial charge in [-0.25, -0.2) is 0 Å². The van der Waals surface area contributed by atoms with E-state index in [0.29, 0.717) is 30.7 Å². The minimum Gasteiger partial charge on any atom is -0.423 e. The molecule has 2 aromatic rings. The van der Waals surface area contributed by atoms with Crippen LogP contribution in [-0.4, -0.2) is 32.7 Å². The van der Waals surface area contributed by atoms with E-state index in [1.165, 1.54) is 0 Å². The maximum absolute atomic E-state index is 12.5. The summed E-state index contributed by atoms with van der Waals surface area (Å²) in [7, 11) is 0. The Morgan fingerprint density at radius 1 is 1.27 bits per heavy atom. The molecular weight excluding hydrogens is 284 g/mol. The fraction of sp³-hybridized carbons (Fsp3) is 0.600. The van der Waals surface area contributed by atoms with E-state index in [4.69, 9.17) is 8.94 Å². The molecule has 0 atom stereocenters. The molecule has 0 aromatic carbocycles. The zero-order valence-electron chi connectivity index (χ0n) is 13.5. The van der Waals surface area contributed by atoms with Gasteiger partial charge in [-0.05, 0) is 19.3 Å². The van der Waals surface area contributed by atoms with Gasteiger partial charge in [0.15, 0.2) is 0 Å². The molecule has 0 fully saturated rings. The first-order valence-electron chi connectivity index (χ1n) is 7.59. The minimum atomic E-state index is -0.221. The average molecular weight is 306 g/mol. The lowest BCUT2D eigenvalue weighted by Crippen LogP contribution is -2.30. The van der Waals surface area contributed by atoms with Crippen LogP contribution in [0.3, 0.4) is 0 Å². The Hall–Kier alpha value is -2.18. The van der Waals surface area contributed by atoms with E-state index in [1.807, 2.05) is 13.8 Å². The van der Waals surface area contributed by atoms with Crippen LogP contribution in [0.4, 0.5) is 0 Å². The van der Waals surface area contributed by atoms with Crippen LogP contribution in [0.2, 0.25) is 0 Å². The van der Waals surface area contributed by atoms with E-state index in [2.05, 4.69) is 29.2 Å². The predicted molar refractivity (Wildman–Crippen MR) is 79.1 cm³/mol. The van der Waals surface area contributed by atoms with E-state index in [-0.39, 0.29) is 18.2 Å². The van der Waals surface area contributed by atoms with Gasteiger partial charge in [-0.1, -0.05) is 25.9 Å². The van der Waals surface area contributed by atoms with Crippen molar-refractivity contribution in [3.63, 3.8) is 0 Å². The Morgan fingerprint density at radius 3 is 2.59 bits per heavy atom. The number of hydrogen-bond acceptors (Lipinski definition) is 6. The van der Waals surface area contributed by atoms with Crippen molar-refractivity contribution in [2.45, 2.75) is 47.1 Å². The highest BCUT2D eigenvalue weighted by Gasteiger charge is 2.21. The summed E-state index contributed by atoms with van der Waals surface area (Å²) in [6.45, 7) is 8.79. The van der Waals surface area contributed by atoms with Gasteiger partial charge in [-0.3, -0.25) is 4.79 Å². The van der Waals surface area contributed by atoms with Crippen molar-refractivity contribution in [2.24, 2.45) is 5.92 Å². The Morgan fingerprint density at radius 2 is 2.00 bits per heavy atom. The van der Waals surface area contributed by atoms with Gasteiger partial charge in [-0.2, -0.15) is 0 Å². The molecule has 120 valence electrons. The van der Waals surface area contributed by atoms with Crippen molar-refractivity contribution in [3.8, 4) is 0 Å². The largest absolute Gasteiger partial charge is 0.423 e. The SMILES string of the molecule is CCc1nnc(CN(CC)C(=O)c2cc(CC(C)C)no2)o1. The Kier molecular flexibility index (Phi) is 5.30. The van der Waals surface area contributed by atoms with Gasteiger partial charge >= 0.3 is 0 Å².